The fraction of sp³-hybridized carbons (Fsp3) is 0.208. The number of hydrogen-bond acceptors (Lipinski definition) is 4. The number of hydrogen-bond donors (Lipinski definition) is 2. The largest absolute Gasteiger partial charge is 0.497 e. The van der Waals surface area contributed by atoms with Crippen LogP contribution in [0, 0.1) is 0 Å². The Morgan fingerprint density at radius 1 is 1.07 bits per heavy atom. The molecular weight excluding hydrogens is 380 g/mol. The molecule has 30 heavy (non-hydrogen) atoms. The molecule has 1 aliphatic carbocycles. The van der Waals surface area contributed by atoms with Crippen molar-refractivity contribution in [2.75, 3.05) is 7.11 Å². The fourth-order valence-electron chi connectivity index (χ4n) is 3.78. The minimum absolute atomic E-state index is 0.0238. The molecule has 1 atom stereocenters. The van der Waals surface area contributed by atoms with Crippen LogP contribution < -0.4 is 15.6 Å². The number of Topliss-reactive ketones (excluding diaryl/α,β-unsaturated/α-hetero) is 1. The summed E-state index contributed by atoms with van der Waals surface area (Å²) in [4.78, 5) is 40.6. The molecule has 0 aliphatic heterocycles. The summed E-state index contributed by atoms with van der Waals surface area (Å²) in [5.41, 5.74) is 2.42. The molecule has 2 aromatic carbocycles. The highest BCUT2D eigenvalue weighted by molar-refractivity contribution is 6.02. The summed E-state index contributed by atoms with van der Waals surface area (Å²) >= 11 is 0. The molecule has 1 amide bonds. The first-order valence-electron chi connectivity index (χ1n) is 9.80. The molecule has 0 bridgehead atoms. The van der Waals surface area contributed by atoms with Gasteiger partial charge in [0.05, 0.1) is 7.11 Å². The van der Waals surface area contributed by atoms with Gasteiger partial charge < -0.3 is 15.0 Å². The summed E-state index contributed by atoms with van der Waals surface area (Å²) in [5.74, 6) is 0.156. The molecule has 0 fully saturated rings. The number of ketones is 1. The van der Waals surface area contributed by atoms with Crippen LogP contribution in [0.25, 0.3) is 0 Å². The van der Waals surface area contributed by atoms with Gasteiger partial charge in [-0.1, -0.05) is 42.5 Å². The standard InChI is InChI=1S/C24H22N2O4/c1-30-18-9-7-16(8-10-18)17-11-21-19(22(27)12-17)13-20(24(29)26-21)23(28)25-14-15-5-3-2-4-6-15/h2-10,13,17H,11-12,14H2,1H3,(H,25,28)(H,26,29). The number of benzene rings is 2. The topological polar surface area (TPSA) is 88.3 Å². The molecule has 0 saturated heterocycles. The van der Waals surface area contributed by atoms with Gasteiger partial charge in [0.25, 0.3) is 11.5 Å². The second-order valence-electron chi connectivity index (χ2n) is 7.37. The van der Waals surface area contributed by atoms with Crippen molar-refractivity contribution in [3.63, 3.8) is 0 Å². The number of aromatic amines is 1. The molecule has 0 spiro atoms. The second-order valence-corrected chi connectivity index (χ2v) is 7.37. The molecule has 6 heteroatoms. The van der Waals surface area contributed by atoms with E-state index in [1.165, 1.54) is 6.07 Å². The van der Waals surface area contributed by atoms with Gasteiger partial charge in [-0.05, 0) is 41.7 Å². The Hall–Kier alpha value is -3.67. The number of fused-ring (bicyclic) bond motifs is 1. The SMILES string of the molecule is COc1ccc(C2CC(=O)c3cc(C(=O)NCc4ccccc4)c(=O)[nH]c3C2)cc1. The van der Waals surface area contributed by atoms with E-state index in [0.29, 0.717) is 30.6 Å². The van der Waals surface area contributed by atoms with E-state index in [-0.39, 0.29) is 17.3 Å². The average molecular weight is 402 g/mol. The van der Waals surface area contributed by atoms with Gasteiger partial charge in [-0.3, -0.25) is 14.4 Å². The van der Waals surface area contributed by atoms with E-state index in [0.717, 1.165) is 16.9 Å². The highest BCUT2D eigenvalue weighted by Crippen LogP contribution is 2.32. The van der Waals surface area contributed by atoms with E-state index in [2.05, 4.69) is 10.3 Å². The lowest BCUT2D eigenvalue weighted by Gasteiger charge is -2.24. The Morgan fingerprint density at radius 3 is 2.50 bits per heavy atom. The normalized spacial score (nSPS) is 15.4. The van der Waals surface area contributed by atoms with Crippen LogP contribution in [0.1, 0.15) is 49.9 Å². The Bertz CT molecular complexity index is 1130. The van der Waals surface area contributed by atoms with Crippen LogP contribution in [0.5, 0.6) is 5.75 Å². The van der Waals surface area contributed by atoms with Gasteiger partial charge >= 0.3 is 0 Å². The third kappa shape index (κ3) is 4.03. The Kier molecular flexibility index (Phi) is 5.48. The van der Waals surface area contributed by atoms with Crippen LogP contribution in [0.15, 0.2) is 65.5 Å². The van der Waals surface area contributed by atoms with Crippen molar-refractivity contribution < 1.29 is 14.3 Å². The van der Waals surface area contributed by atoms with Crippen LogP contribution in [-0.4, -0.2) is 23.8 Å². The molecule has 4 rings (SSSR count). The summed E-state index contributed by atoms with van der Waals surface area (Å²) in [6.45, 7) is 0.309. The van der Waals surface area contributed by atoms with E-state index in [9.17, 15) is 14.4 Å². The third-order valence-electron chi connectivity index (χ3n) is 5.43. The molecule has 152 valence electrons. The zero-order valence-electron chi connectivity index (χ0n) is 16.6. The quantitative estimate of drug-likeness (QED) is 0.686. The summed E-state index contributed by atoms with van der Waals surface area (Å²) in [5, 5.41) is 2.74. The Labute approximate surface area is 173 Å². The van der Waals surface area contributed by atoms with Gasteiger partial charge in [0.15, 0.2) is 5.78 Å². The number of methoxy groups -OCH3 is 1. The number of H-pyrrole nitrogens is 1. The number of pyridine rings is 1. The average Bonchev–Trinajstić information content (AvgIpc) is 2.77. The molecular formula is C24H22N2O4. The summed E-state index contributed by atoms with van der Waals surface area (Å²) < 4.78 is 5.18. The highest BCUT2D eigenvalue weighted by atomic mass is 16.5. The predicted octanol–water partition coefficient (Wildman–Crippen LogP) is 3.23. The molecule has 2 N–H and O–H groups in total. The third-order valence-corrected chi connectivity index (χ3v) is 5.43. The summed E-state index contributed by atoms with van der Waals surface area (Å²) in [6, 6.07) is 18.5. The molecule has 1 aromatic heterocycles. The fourth-order valence-corrected chi connectivity index (χ4v) is 3.78. The molecule has 1 unspecified atom stereocenters. The van der Waals surface area contributed by atoms with Crippen LogP contribution in [0.4, 0.5) is 0 Å². The van der Waals surface area contributed by atoms with Crippen molar-refractivity contribution in [3.05, 3.63) is 99.0 Å². The number of aromatic nitrogens is 1. The van der Waals surface area contributed by atoms with Crippen LogP contribution in [0.2, 0.25) is 0 Å². The van der Waals surface area contributed by atoms with Crippen molar-refractivity contribution in [1.29, 1.82) is 0 Å². The minimum Gasteiger partial charge on any atom is -0.497 e. The number of ether oxygens (including phenoxy) is 1. The number of nitrogens with one attached hydrogen (secondary N) is 2. The first kappa shape index (κ1) is 19.6. The number of carbonyl (C=O) groups excluding carboxylic acids is 2. The van der Waals surface area contributed by atoms with Crippen molar-refractivity contribution in [1.82, 2.24) is 10.3 Å². The van der Waals surface area contributed by atoms with E-state index in [4.69, 9.17) is 4.74 Å². The Balaban J connectivity index is 1.54. The molecule has 1 aliphatic rings. The molecule has 3 aromatic rings. The first-order chi connectivity index (χ1) is 14.5. The van der Waals surface area contributed by atoms with Gasteiger partial charge in [0.1, 0.15) is 11.3 Å². The van der Waals surface area contributed by atoms with Gasteiger partial charge in [0, 0.05) is 24.2 Å². The first-order valence-corrected chi connectivity index (χ1v) is 9.80. The predicted molar refractivity (Wildman–Crippen MR) is 113 cm³/mol. The maximum absolute atomic E-state index is 12.8. The number of carbonyl (C=O) groups is 2. The monoisotopic (exact) mass is 402 g/mol. The summed E-state index contributed by atoms with van der Waals surface area (Å²) in [6.07, 6.45) is 0.866. The molecule has 0 radical (unpaired) electrons. The smallest absolute Gasteiger partial charge is 0.261 e. The van der Waals surface area contributed by atoms with E-state index in [1.807, 2.05) is 54.6 Å². The number of rotatable bonds is 5. The molecule has 6 nitrogen and oxygen atoms in total. The second kappa shape index (κ2) is 8.37. The van der Waals surface area contributed by atoms with Crippen LogP contribution >= 0.6 is 0 Å². The Morgan fingerprint density at radius 2 is 1.80 bits per heavy atom. The maximum atomic E-state index is 12.8. The molecule has 0 saturated carbocycles. The van der Waals surface area contributed by atoms with Gasteiger partial charge in [-0.2, -0.15) is 0 Å². The van der Waals surface area contributed by atoms with Crippen LogP contribution in [0.3, 0.4) is 0 Å². The molecule has 1 heterocycles. The van der Waals surface area contributed by atoms with E-state index >= 15 is 0 Å². The summed E-state index contributed by atoms with van der Waals surface area (Å²) in [7, 11) is 1.60. The van der Waals surface area contributed by atoms with Crippen molar-refractivity contribution in [2.45, 2.75) is 25.3 Å². The lowest BCUT2D eigenvalue weighted by molar-refractivity contribution is 0.0949. The zero-order chi connectivity index (χ0) is 21.1. The van der Waals surface area contributed by atoms with E-state index < -0.39 is 11.5 Å². The van der Waals surface area contributed by atoms with Crippen molar-refractivity contribution in [2.24, 2.45) is 0 Å². The van der Waals surface area contributed by atoms with Gasteiger partial charge in [0.2, 0.25) is 0 Å². The lowest BCUT2D eigenvalue weighted by atomic mass is 9.81. The van der Waals surface area contributed by atoms with Gasteiger partial charge in [-0.25, -0.2) is 0 Å². The minimum atomic E-state index is -0.493. The maximum Gasteiger partial charge on any atom is 0.261 e. The van der Waals surface area contributed by atoms with Crippen molar-refractivity contribution >= 4 is 11.7 Å². The lowest BCUT2D eigenvalue weighted by Crippen LogP contribution is -2.32. The van der Waals surface area contributed by atoms with E-state index in [1.54, 1.807) is 7.11 Å². The van der Waals surface area contributed by atoms with Crippen molar-refractivity contribution in [3.8, 4) is 5.75 Å². The zero-order valence-corrected chi connectivity index (χ0v) is 16.6. The van der Waals surface area contributed by atoms with Crippen LogP contribution in [-0.2, 0) is 13.0 Å². The number of amides is 1. The van der Waals surface area contributed by atoms with Gasteiger partial charge in [-0.15, -0.1) is 0 Å². The highest BCUT2D eigenvalue weighted by Gasteiger charge is 2.28.